The highest BCUT2D eigenvalue weighted by molar-refractivity contribution is 6.34. The molecule has 0 spiro atoms. The second-order valence-corrected chi connectivity index (χ2v) is 6.79. The van der Waals surface area contributed by atoms with Gasteiger partial charge < -0.3 is 9.80 Å². The van der Waals surface area contributed by atoms with Gasteiger partial charge in [0.1, 0.15) is 0 Å². The van der Waals surface area contributed by atoms with E-state index in [9.17, 15) is 4.79 Å². The Morgan fingerprint density at radius 1 is 1.50 bits per heavy atom. The second-order valence-electron chi connectivity index (χ2n) is 6.39. The van der Waals surface area contributed by atoms with E-state index >= 15 is 0 Å². The lowest BCUT2D eigenvalue weighted by atomic mass is 9.97. The molecule has 7 nitrogen and oxygen atoms in total. The number of hydrogen-bond acceptors (Lipinski definition) is 5. The summed E-state index contributed by atoms with van der Waals surface area (Å²) in [5, 5.41) is 14.3. The number of amides is 1. The summed E-state index contributed by atoms with van der Waals surface area (Å²) in [5.41, 5.74) is 1.17. The van der Waals surface area contributed by atoms with Crippen LogP contribution < -0.4 is 0 Å². The van der Waals surface area contributed by atoms with Gasteiger partial charge >= 0.3 is 0 Å². The lowest BCUT2D eigenvalue weighted by molar-refractivity contribution is 0.0741. The molecule has 8 heteroatoms. The normalized spacial score (nSPS) is 18.5. The first-order chi connectivity index (χ1) is 11.5. The van der Waals surface area contributed by atoms with Crippen molar-refractivity contribution >= 4 is 17.5 Å². The van der Waals surface area contributed by atoms with Gasteiger partial charge in [-0.1, -0.05) is 11.6 Å². The SMILES string of the molecule is CN1CCCC(CN(C)C(=O)c2cc(-c3nn[nH]n3)ccc2Cl)C1. The van der Waals surface area contributed by atoms with E-state index in [2.05, 4.69) is 32.6 Å². The predicted octanol–water partition coefficient (Wildman–Crippen LogP) is 1.93. The lowest BCUT2D eigenvalue weighted by Crippen LogP contribution is -2.40. The zero-order chi connectivity index (χ0) is 17.1. The molecule has 1 aliphatic heterocycles. The van der Waals surface area contributed by atoms with E-state index < -0.39 is 0 Å². The molecule has 0 saturated carbocycles. The van der Waals surface area contributed by atoms with Crippen LogP contribution in [0.25, 0.3) is 11.4 Å². The Kier molecular flexibility index (Phi) is 5.11. The zero-order valence-electron chi connectivity index (χ0n) is 13.9. The molecule has 2 aromatic rings. The molecule has 1 fully saturated rings. The molecule has 3 rings (SSSR count). The molecule has 24 heavy (non-hydrogen) atoms. The van der Waals surface area contributed by atoms with Crippen LogP contribution in [0.3, 0.4) is 0 Å². The minimum absolute atomic E-state index is 0.0847. The van der Waals surface area contributed by atoms with Gasteiger partial charge in [-0.05, 0) is 55.8 Å². The number of carbonyl (C=O) groups excluding carboxylic acids is 1. The minimum atomic E-state index is -0.0847. The minimum Gasteiger partial charge on any atom is -0.341 e. The number of nitrogens with zero attached hydrogens (tertiary/aromatic N) is 5. The Bertz CT molecular complexity index is 705. The molecule has 1 aromatic heterocycles. The van der Waals surface area contributed by atoms with Crippen LogP contribution in [0.4, 0.5) is 0 Å². The molecule has 0 radical (unpaired) electrons. The highest BCUT2D eigenvalue weighted by Crippen LogP contribution is 2.24. The van der Waals surface area contributed by atoms with Crippen LogP contribution >= 0.6 is 11.6 Å². The van der Waals surface area contributed by atoms with Crippen LogP contribution in [0.15, 0.2) is 18.2 Å². The number of tetrazole rings is 1. The summed E-state index contributed by atoms with van der Waals surface area (Å²) in [5.74, 6) is 0.854. The quantitative estimate of drug-likeness (QED) is 0.913. The van der Waals surface area contributed by atoms with Gasteiger partial charge in [0.2, 0.25) is 5.82 Å². The summed E-state index contributed by atoms with van der Waals surface area (Å²) in [6.07, 6.45) is 2.33. The summed E-state index contributed by atoms with van der Waals surface area (Å²) in [7, 11) is 3.95. The largest absolute Gasteiger partial charge is 0.341 e. The maximum absolute atomic E-state index is 12.8. The Hall–Kier alpha value is -1.99. The average molecular weight is 349 g/mol. The van der Waals surface area contributed by atoms with Crippen molar-refractivity contribution in [3.63, 3.8) is 0 Å². The van der Waals surface area contributed by atoms with E-state index in [1.807, 2.05) is 7.05 Å². The molecule has 128 valence electrons. The molecular formula is C16H21ClN6O. The van der Waals surface area contributed by atoms with Gasteiger partial charge in [-0.25, -0.2) is 0 Å². The van der Waals surface area contributed by atoms with Gasteiger partial charge in [0.05, 0.1) is 10.6 Å². The summed E-state index contributed by atoms with van der Waals surface area (Å²) in [6.45, 7) is 2.88. The van der Waals surface area contributed by atoms with Gasteiger partial charge in [0.15, 0.2) is 0 Å². The van der Waals surface area contributed by atoms with E-state index in [0.29, 0.717) is 27.9 Å². The van der Waals surface area contributed by atoms with Crippen molar-refractivity contribution in [2.24, 2.45) is 5.92 Å². The van der Waals surface area contributed by atoms with Crippen molar-refractivity contribution in [1.82, 2.24) is 30.4 Å². The topological polar surface area (TPSA) is 78.0 Å². The Morgan fingerprint density at radius 3 is 3.04 bits per heavy atom. The first-order valence-corrected chi connectivity index (χ1v) is 8.39. The molecule has 1 aliphatic rings. The fourth-order valence-electron chi connectivity index (χ4n) is 3.21. The predicted molar refractivity (Wildman–Crippen MR) is 91.8 cm³/mol. The summed E-state index contributed by atoms with van der Waals surface area (Å²) in [6, 6.07) is 5.20. The van der Waals surface area contributed by atoms with Crippen molar-refractivity contribution in [2.45, 2.75) is 12.8 Å². The van der Waals surface area contributed by atoms with E-state index in [1.165, 1.54) is 6.42 Å². The van der Waals surface area contributed by atoms with E-state index in [1.54, 1.807) is 23.1 Å². The highest BCUT2D eigenvalue weighted by atomic mass is 35.5. The molecule has 1 unspecified atom stereocenters. The van der Waals surface area contributed by atoms with Crippen molar-refractivity contribution in [2.75, 3.05) is 33.7 Å². The van der Waals surface area contributed by atoms with Gasteiger partial charge in [-0.3, -0.25) is 4.79 Å². The van der Waals surface area contributed by atoms with Crippen molar-refractivity contribution in [3.05, 3.63) is 28.8 Å². The molecule has 2 heterocycles. The first-order valence-electron chi connectivity index (χ1n) is 8.02. The van der Waals surface area contributed by atoms with Crippen LogP contribution in [0.1, 0.15) is 23.2 Å². The van der Waals surface area contributed by atoms with Gasteiger partial charge in [-0.15, -0.1) is 10.2 Å². The fraction of sp³-hybridized carbons (Fsp3) is 0.500. The number of carbonyl (C=O) groups is 1. The van der Waals surface area contributed by atoms with E-state index in [4.69, 9.17) is 11.6 Å². The number of likely N-dealkylation sites (tertiary alicyclic amines) is 1. The monoisotopic (exact) mass is 348 g/mol. The number of halogens is 1. The van der Waals surface area contributed by atoms with Crippen LogP contribution in [-0.2, 0) is 0 Å². The third-order valence-electron chi connectivity index (χ3n) is 4.40. The van der Waals surface area contributed by atoms with Crippen LogP contribution in [0.2, 0.25) is 5.02 Å². The summed E-state index contributed by atoms with van der Waals surface area (Å²) in [4.78, 5) is 16.9. The number of aromatic amines is 1. The van der Waals surface area contributed by atoms with E-state index in [-0.39, 0.29) is 5.91 Å². The van der Waals surface area contributed by atoms with Crippen LogP contribution in [0, 0.1) is 5.92 Å². The maximum Gasteiger partial charge on any atom is 0.255 e. The molecule has 1 amide bonds. The summed E-state index contributed by atoms with van der Waals surface area (Å²) < 4.78 is 0. The maximum atomic E-state index is 12.8. The van der Waals surface area contributed by atoms with Crippen molar-refractivity contribution < 1.29 is 4.79 Å². The number of H-pyrrole nitrogens is 1. The first kappa shape index (κ1) is 16.9. The van der Waals surface area contributed by atoms with Crippen LogP contribution in [-0.4, -0.2) is 70.1 Å². The average Bonchev–Trinajstić information content (AvgIpc) is 3.09. The van der Waals surface area contributed by atoms with Crippen LogP contribution in [0.5, 0.6) is 0 Å². The fourth-order valence-corrected chi connectivity index (χ4v) is 3.41. The van der Waals surface area contributed by atoms with Gasteiger partial charge in [0, 0.05) is 25.7 Å². The number of rotatable bonds is 4. The number of benzene rings is 1. The molecule has 1 saturated heterocycles. The Labute approximate surface area is 146 Å². The second kappa shape index (κ2) is 7.27. The third-order valence-corrected chi connectivity index (χ3v) is 4.73. The Morgan fingerprint density at radius 2 is 2.33 bits per heavy atom. The van der Waals surface area contributed by atoms with Gasteiger partial charge in [-0.2, -0.15) is 5.21 Å². The standard InChI is InChI=1S/C16H21ClN6O/c1-22-7-3-4-11(9-22)10-23(2)16(24)13-8-12(5-6-14(13)17)15-18-20-21-19-15/h5-6,8,11H,3-4,7,9-10H2,1-2H3,(H,18,19,20,21). The number of hydrogen-bond donors (Lipinski definition) is 1. The molecule has 0 aliphatic carbocycles. The zero-order valence-corrected chi connectivity index (χ0v) is 14.6. The Balaban J connectivity index is 1.75. The summed E-state index contributed by atoms with van der Waals surface area (Å²) >= 11 is 6.24. The molecule has 0 bridgehead atoms. The molecule has 1 atom stereocenters. The van der Waals surface area contributed by atoms with Crippen molar-refractivity contribution in [3.8, 4) is 11.4 Å². The van der Waals surface area contributed by atoms with Gasteiger partial charge in [0.25, 0.3) is 5.91 Å². The molecule has 1 aromatic carbocycles. The lowest BCUT2D eigenvalue weighted by Gasteiger charge is -2.32. The van der Waals surface area contributed by atoms with E-state index in [0.717, 1.165) is 26.1 Å². The number of piperidine rings is 1. The number of nitrogens with one attached hydrogen (secondary N) is 1. The smallest absolute Gasteiger partial charge is 0.255 e. The third kappa shape index (κ3) is 3.73. The molecule has 1 N–H and O–H groups in total. The molecular weight excluding hydrogens is 328 g/mol. The number of aromatic nitrogens is 4. The highest BCUT2D eigenvalue weighted by Gasteiger charge is 2.23. The van der Waals surface area contributed by atoms with Crippen molar-refractivity contribution in [1.29, 1.82) is 0 Å².